The first kappa shape index (κ1) is 8.87. The molecule has 1 N–H and O–H groups in total. The maximum atomic E-state index is 5.05. The minimum atomic E-state index is 0. The number of aromatic amines is 1. The van der Waals surface area contributed by atoms with E-state index in [1.54, 1.807) is 18.2 Å². The molecular formula is C8H9ClN2O. The van der Waals surface area contributed by atoms with Crippen LogP contribution in [0.4, 0.5) is 0 Å². The van der Waals surface area contributed by atoms with E-state index in [0.29, 0.717) is 0 Å². The van der Waals surface area contributed by atoms with Gasteiger partial charge in [0.25, 0.3) is 6.33 Å². The zero-order valence-electron chi connectivity index (χ0n) is 6.62. The van der Waals surface area contributed by atoms with E-state index in [1.165, 1.54) is 0 Å². The Kier molecular flexibility index (Phi) is 2.55. The van der Waals surface area contributed by atoms with Crippen LogP contribution < -0.4 is 22.0 Å². The van der Waals surface area contributed by atoms with Gasteiger partial charge in [-0.1, -0.05) is 12.1 Å². The third-order valence-corrected chi connectivity index (χ3v) is 1.68. The molecule has 0 unspecified atom stereocenters. The Hall–Kier alpha value is -1.22. The summed E-state index contributed by atoms with van der Waals surface area (Å²) in [5, 5.41) is 0. The molecule has 1 heterocycles. The molecule has 0 aliphatic heterocycles. The van der Waals surface area contributed by atoms with Crippen LogP contribution in [-0.2, 0) is 0 Å². The number of H-pyrrole nitrogens is 1. The van der Waals surface area contributed by atoms with Gasteiger partial charge in [-0.25, -0.2) is 4.98 Å². The third kappa shape index (κ3) is 1.23. The van der Waals surface area contributed by atoms with Crippen LogP contribution in [0.5, 0.6) is 0 Å². The summed E-state index contributed by atoms with van der Waals surface area (Å²) in [6.07, 6.45) is 1.78. The van der Waals surface area contributed by atoms with Crippen molar-refractivity contribution in [2.75, 3.05) is 7.11 Å². The lowest BCUT2D eigenvalue weighted by Gasteiger charge is -1.89. The number of fused-ring (bicyclic) bond motifs is 1. The standard InChI is InChI=1S/C8H8N2O.ClH/c1-11-10-6-9-7-4-2-3-5-8(7)10;/h2-6H,1H3;1H. The van der Waals surface area contributed by atoms with E-state index in [9.17, 15) is 0 Å². The minimum absolute atomic E-state index is 0. The second kappa shape index (κ2) is 3.45. The number of benzene rings is 1. The van der Waals surface area contributed by atoms with Crippen molar-refractivity contribution in [1.82, 2.24) is 4.98 Å². The quantitative estimate of drug-likeness (QED) is 0.489. The van der Waals surface area contributed by atoms with Crippen LogP contribution in [0, 0.1) is 0 Å². The molecule has 0 radical (unpaired) electrons. The molecule has 0 aliphatic rings. The van der Waals surface area contributed by atoms with Gasteiger partial charge >= 0.3 is 0 Å². The first-order valence-electron chi connectivity index (χ1n) is 3.44. The van der Waals surface area contributed by atoms with Crippen molar-refractivity contribution in [2.45, 2.75) is 0 Å². The third-order valence-electron chi connectivity index (χ3n) is 1.68. The van der Waals surface area contributed by atoms with E-state index in [0.717, 1.165) is 11.0 Å². The molecule has 0 saturated heterocycles. The SMILES string of the molecule is CO[n+]1c[nH]c2ccccc21.[Cl-]. The smallest absolute Gasteiger partial charge is 0.283 e. The van der Waals surface area contributed by atoms with Gasteiger partial charge in [0.2, 0.25) is 5.52 Å². The molecule has 1 aromatic carbocycles. The summed E-state index contributed by atoms with van der Waals surface area (Å²) in [6, 6.07) is 7.96. The average molecular weight is 185 g/mol. The molecule has 2 aromatic rings. The van der Waals surface area contributed by atoms with Crippen molar-refractivity contribution in [3.63, 3.8) is 0 Å². The number of hydrogen-bond donors (Lipinski definition) is 1. The number of para-hydroxylation sites is 2. The number of hydrogen-bond acceptors (Lipinski definition) is 1. The number of nitrogens with zero attached hydrogens (tertiary/aromatic N) is 1. The normalized spacial score (nSPS) is 9.42. The van der Waals surface area contributed by atoms with Gasteiger partial charge < -0.3 is 17.2 Å². The minimum Gasteiger partial charge on any atom is -1.00 e. The van der Waals surface area contributed by atoms with Crippen LogP contribution in [0.25, 0.3) is 11.0 Å². The second-order valence-corrected chi connectivity index (χ2v) is 2.30. The highest BCUT2D eigenvalue weighted by Gasteiger charge is 2.06. The Morgan fingerprint density at radius 2 is 2.08 bits per heavy atom. The van der Waals surface area contributed by atoms with Crippen LogP contribution in [0.15, 0.2) is 30.6 Å². The van der Waals surface area contributed by atoms with E-state index in [2.05, 4.69) is 4.98 Å². The number of imidazole rings is 1. The maximum Gasteiger partial charge on any atom is 0.283 e. The van der Waals surface area contributed by atoms with Crippen molar-refractivity contribution in [3.05, 3.63) is 30.6 Å². The van der Waals surface area contributed by atoms with Gasteiger partial charge in [0.15, 0.2) is 5.52 Å². The fourth-order valence-electron chi connectivity index (χ4n) is 1.14. The molecule has 1 aromatic heterocycles. The Balaban J connectivity index is 0.000000720. The Morgan fingerprint density at radius 1 is 1.33 bits per heavy atom. The summed E-state index contributed by atoms with van der Waals surface area (Å²) in [5.74, 6) is 0. The number of nitrogens with one attached hydrogen (secondary N) is 1. The van der Waals surface area contributed by atoms with E-state index >= 15 is 0 Å². The van der Waals surface area contributed by atoms with Crippen LogP contribution in [0.1, 0.15) is 0 Å². The molecule has 0 spiro atoms. The van der Waals surface area contributed by atoms with Crippen molar-refractivity contribution in [1.29, 1.82) is 0 Å². The van der Waals surface area contributed by atoms with Crippen molar-refractivity contribution < 1.29 is 22.0 Å². The highest BCUT2D eigenvalue weighted by molar-refractivity contribution is 5.70. The molecule has 0 bridgehead atoms. The van der Waals surface area contributed by atoms with Crippen LogP contribution >= 0.6 is 0 Å². The topological polar surface area (TPSA) is 28.9 Å². The van der Waals surface area contributed by atoms with Crippen molar-refractivity contribution in [3.8, 4) is 0 Å². The van der Waals surface area contributed by atoms with E-state index in [1.807, 2.05) is 24.3 Å². The summed E-state index contributed by atoms with van der Waals surface area (Å²) < 4.78 is 1.69. The Bertz CT molecular complexity index is 372. The molecule has 0 amide bonds. The fraction of sp³-hybridized carbons (Fsp3) is 0.125. The molecule has 3 nitrogen and oxygen atoms in total. The van der Waals surface area contributed by atoms with Crippen molar-refractivity contribution in [2.24, 2.45) is 0 Å². The van der Waals surface area contributed by atoms with Crippen LogP contribution in [-0.4, -0.2) is 12.1 Å². The van der Waals surface area contributed by atoms with Crippen LogP contribution in [0.3, 0.4) is 0 Å². The second-order valence-electron chi connectivity index (χ2n) is 2.30. The van der Waals surface area contributed by atoms with Crippen molar-refractivity contribution >= 4 is 11.0 Å². The van der Waals surface area contributed by atoms with E-state index in [-0.39, 0.29) is 12.4 Å². The number of halogens is 1. The zero-order chi connectivity index (χ0) is 7.68. The summed E-state index contributed by atoms with van der Waals surface area (Å²) in [7, 11) is 1.64. The van der Waals surface area contributed by atoms with Gasteiger partial charge in [0, 0.05) is 0 Å². The molecule has 0 atom stereocenters. The lowest BCUT2D eigenvalue weighted by Crippen LogP contribution is -3.00. The predicted molar refractivity (Wildman–Crippen MR) is 41.0 cm³/mol. The first-order valence-corrected chi connectivity index (χ1v) is 3.44. The highest BCUT2D eigenvalue weighted by Crippen LogP contribution is 2.03. The number of aromatic nitrogens is 2. The van der Waals surface area contributed by atoms with Crippen LogP contribution in [0.2, 0.25) is 0 Å². The monoisotopic (exact) mass is 184 g/mol. The first-order chi connectivity index (χ1) is 5.42. The van der Waals surface area contributed by atoms with E-state index < -0.39 is 0 Å². The zero-order valence-corrected chi connectivity index (χ0v) is 7.38. The van der Waals surface area contributed by atoms with Gasteiger partial charge in [-0.2, -0.15) is 0 Å². The fourth-order valence-corrected chi connectivity index (χ4v) is 1.14. The maximum absolute atomic E-state index is 5.05. The lowest BCUT2D eigenvalue weighted by atomic mass is 10.3. The molecule has 0 aliphatic carbocycles. The molecule has 2 rings (SSSR count). The van der Waals surface area contributed by atoms with Gasteiger partial charge in [0.05, 0.1) is 0 Å². The molecule has 64 valence electrons. The van der Waals surface area contributed by atoms with Gasteiger partial charge in [-0.15, -0.1) is 0 Å². The summed E-state index contributed by atoms with van der Waals surface area (Å²) in [5.41, 5.74) is 2.13. The average Bonchev–Trinajstić information content (AvgIpc) is 2.47. The predicted octanol–water partition coefficient (Wildman–Crippen LogP) is -2.48. The van der Waals surface area contributed by atoms with E-state index in [4.69, 9.17) is 4.84 Å². The summed E-state index contributed by atoms with van der Waals surface area (Å²) in [6.45, 7) is 0. The van der Waals surface area contributed by atoms with Gasteiger partial charge in [-0.3, -0.25) is 0 Å². The summed E-state index contributed by atoms with van der Waals surface area (Å²) >= 11 is 0. The molecule has 0 saturated carbocycles. The molecule has 12 heavy (non-hydrogen) atoms. The molecule has 4 heteroatoms. The van der Waals surface area contributed by atoms with Gasteiger partial charge in [0.1, 0.15) is 7.11 Å². The highest BCUT2D eigenvalue weighted by atomic mass is 35.5. The number of rotatable bonds is 1. The Labute approximate surface area is 76.3 Å². The Morgan fingerprint density at radius 3 is 2.83 bits per heavy atom. The van der Waals surface area contributed by atoms with Gasteiger partial charge in [-0.05, 0) is 16.9 Å². The lowest BCUT2D eigenvalue weighted by molar-refractivity contribution is -0.865. The molecule has 0 fully saturated rings. The largest absolute Gasteiger partial charge is 1.00 e. The summed E-state index contributed by atoms with van der Waals surface area (Å²) in [4.78, 5) is 8.13. The molecular weight excluding hydrogens is 176 g/mol.